The summed E-state index contributed by atoms with van der Waals surface area (Å²) in [5.74, 6) is 1.95. The molecule has 0 unspecified atom stereocenters. The van der Waals surface area contributed by atoms with Crippen molar-refractivity contribution in [3.63, 3.8) is 0 Å². The van der Waals surface area contributed by atoms with Gasteiger partial charge in [0.05, 0.1) is 0 Å². The van der Waals surface area contributed by atoms with E-state index in [-0.39, 0.29) is 0 Å². The van der Waals surface area contributed by atoms with Gasteiger partial charge in [-0.2, -0.15) is 0 Å². The Morgan fingerprint density at radius 3 is 1.36 bits per heavy atom. The van der Waals surface area contributed by atoms with Crippen LogP contribution >= 0.6 is 7.28 Å². The van der Waals surface area contributed by atoms with Gasteiger partial charge in [0.25, 0.3) is 0 Å². The molecule has 36 heavy (non-hydrogen) atoms. The third kappa shape index (κ3) is 3.93. The van der Waals surface area contributed by atoms with Gasteiger partial charge in [0.2, 0.25) is 0 Å². The summed E-state index contributed by atoms with van der Waals surface area (Å²) in [6, 6.07) is 41.1. The van der Waals surface area contributed by atoms with E-state index >= 15 is 0 Å². The molecule has 0 spiro atoms. The van der Waals surface area contributed by atoms with Gasteiger partial charge in [0, 0.05) is 0 Å². The van der Waals surface area contributed by atoms with E-state index < -0.39 is 7.28 Å². The first-order chi connectivity index (χ1) is 17.8. The molecule has 1 heterocycles. The van der Waals surface area contributed by atoms with E-state index in [0.29, 0.717) is 12.5 Å². The molecule has 0 atom stereocenters. The predicted molar refractivity (Wildman–Crippen MR) is 149 cm³/mol. The first-order valence-electron chi connectivity index (χ1n) is 12.8. The van der Waals surface area contributed by atoms with E-state index in [1.54, 1.807) is 0 Å². The fraction of sp³-hybridized carbons (Fsp3) is 0.188. The minimum atomic E-state index is -4.09. The molecule has 0 radical (unpaired) electrons. The molecule has 1 saturated carbocycles. The monoisotopic (exact) mass is 494 g/mol. The molecule has 0 N–H and O–H groups in total. The van der Waals surface area contributed by atoms with Crippen molar-refractivity contribution < 1.29 is 13.6 Å². The van der Waals surface area contributed by atoms with Crippen LogP contribution in [-0.2, 0) is 13.6 Å². The summed E-state index contributed by atoms with van der Waals surface area (Å²) in [5.41, 5.74) is 1.94. The molecule has 4 aromatic rings. The molecule has 1 aliphatic carbocycles. The number of hydrogen-bond donors (Lipinski definition) is 0. The summed E-state index contributed by atoms with van der Waals surface area (Å²) in [6.45, 7) is 0.603. The summed E-state index contributed by atoms with van der Waals surface area (Å²) >= 11 is 0. The van der Waals surface area contributed by atoms with Crippen LogP contribution in [0.25, 0.3) is 11.5 Å². The average molecular weight is 495 g/mol. The van der Waals surface area contributed by atoms with Crippen LogP contribution in [0.15, 0.2) is 121 Å². The van der Waals surface area contributed by atoms with Gasteiger partial charge in [-0.25, -0.2) is 0 Å². The molecule has 0 bridgehead atoms. The van der Waals surface area contributed by atoms with Gasteiger partial charge in [-0.1, -0.05) is 0 Å². The Bertz CT molecular complexity index is 1240. The van der Waals surface area contributed by atoms with Crippen LogP contribution in [0.4, 0.5) is 0 Å². The molecule has 1 fully saturated rings. The van der Waals surface area contributed by atoms with Gasteiger partial charge in [0.1, 0.15) is 0 Å². The van der Waals surface area contributed by atoms with Crippen LogP contribution in [0.5, 0.6) is 0 Å². The van der Waals surface area contributed by atoms with Gasteiger partial charge < -0.3 is 0 Å². The fourth-order valence-electron chi connectivity index (χ4n) is 5.33. The molecule has 6 rings (SSSR count). The standard InChI is InChI=1S/C32H31O3P/c1-5-17-27(18-6-1)31-32(28-19-7-2-8-20-28)35-36(34-31,29-21-9-3-10-22-29,30-23-11-4-12-24-30)33-25-26-15-13-14-16-26/h1-12,17-24,26H,13-16,25H2. The quantitative estimate of drug-likeness (QED) is 0.246. The zero-order chi connectivity index (χ0) is 24.3. The maximum absolute atomic E-state index is 7.29. The van der Waals surface area contributed by atoms with Crippen molar-refractivity contribution >= 4 is 29.4 Å². The molecule has 0 saturated heterocycles. The van der Waals surface area contributed by atoms with Crippen molar-refractivity contribution in [2.45, 2.75) is 25.7 Å². The van der Waals surface area contributed by atoms with Crippen molar-refractivity contribution in [3.05, 3.63) is 132 Å². The van der Waals surface area contributed by atoms with Gasteiger partial charge >= 0.3 is 214 Å². The Balaban J connectivity index is 1.60. The normalized spacial score (nSPS) is 19.7. The first-order valence-corrected chi connectivity index (χ1v) is 14.8. The molecular weight excluding hydrogens is 463 g/mol. The van der Waals surface area contributed by atoms with Crippen molar-refractivity contribution in [2.75, 3.05) is 6.61 Å². The predicted octanol–water partition coefficient (Wildman–Crippen LogP) is 7.72. The van der Waals surface area contributed by atoms with Gasteiger partial charge in [-0.15, -0.1) is 0 Å². The Morgan fingerprint density at radius 1 is 0.556 bits per heavy atom. The number of benzene rings is 4. The van der Waals surface area contributed by atoms with E-state index in [4.69, 9.17) is 13.6 Å². The summed E-state index contributed by atoms with van der Waals surface area (Å²) in [5, 5.41) is 1.87. The summed E-state index contributed by atoms with van der Waals surface area (Å²) in [7, 11) is -4.09. The van der Waals surface area contributed by atoms with Crippen LogP contribution in [0.2, 0.25) is 0 Å². The van der Waals surface area contributed by atoms with Crippen LogP contribution in [0.3, 0.4) is 0 Å². The van der Waals surface area contributed by atoms with E-state index in [1.807, 2.05) is 72.8 Å². The average Bonchev–Trinajstić information content (AvgIpc) is 3.62. The van der Waals surface area contributed by atoms with E-state index in [9.17, 15) is 0 Å². The van der Waals surface area contributed by atoms with Gasteiger partial charge in [-0.3, -0.25) is 0 Å². The number of rotatable bonds is 7. The number of hydrogen-bond acceptors (Lipinski definition) is 3. The molecule has 1 aliphatic heterocycles. The topological polar surface area (TPSA) is 27.7 Å². The Morgan fingerprint density at radius 2 is 0.944 bits per heavy atom. The van der Waals surface area contributed by atoms with Gasteiger partial charge in [0.15, 0.2) is 0 Å². The Hall–Kier alpha value is -3.39. The molecule has 182 valence electrons. The zero-order valence-corrected chi connectivity index (χ0v) is 21.2. The molecule has 2 aliphatic rings. The van der Waals surface area contributed by atoms with Crippen LogP contribution in [-0.4, -0.2) is 6.61 Å². The SMILES string of the molecule is c1ccc(C2=C(c3ccccc3)OP(OCC3CCCC3)(c3ccccc3)(c3ccccc3)O2)cc1. The third-order valence-corrected chi connectivity index (χ3v) is 11.2. The van der Waals surface area contributed by atoms with Gasteiger partial charge in [-0.05, 0) is 0 Å². The molecule has 3 nitrogen and oxygen atoms in total. The molecule has 0 amide bonds. The molecule has 0 aromatic heterocycles. The Kier molecular flexibility index (Phi) is 6.13. The first kappa shape index (κ1) is 23.0. The van der Waals surface area contributed by atoms with E-state index in [2.05, 4.69) is 48.5 Å². The summed E-state index contributed by atoms with van der Waals surface area (Å²) in [4.78, 5) is 0. The van der Waals surface area contributed by atoms with Crippen LogP contribution < -0.4 is 10.6 Å². The van der Waals surface area contributed by atoms with Crippen LogP contribution in [0.1, 0.15) is 36.8 Å². The second kappa shape index (κ2) is 9.58. The second-order valence-electron chi connectivity index (χ2n) is 9.57. The van der Waals surface area contributed by atoms with E-state index in [0.717, 1.165) is 33.3 Å². The molecular formula is C32H31O3P. The Labute approximate surface area is 213 Å². The van der Waals surface area contributed by atoms with Crippen molar-refractivity contribution in [3.8, 4) is 0 Å². The molecule has 4 heteroatoms. The van der Waals surface area contributed by atoms with Crippen molar-refractivity contribution in [2.24, 2.45) is 5.92 Å². The second-order valence-corrected chi connectivity index (χ2v) is 13.0. The molecule has 4 aromatic carbocycles. The van der Waals surface area contributed by atoms with Crippen molar-refractivity contribution in [1.82, 2.24) is 0 Å². The summed E-state index contributed by atoms with van der Waals surface area (Å²) in [6.07, 6.45) is 4.87. The van der Waals surface area contributed by atoms with Crippen LogP contribution in [0, 0.1) is 5.92 Å². The van der Waals surface area contributed by atoms with Crippen molar-refractivity contribution in [1.29, 1.82) is 0 Å². The van der Waals surface area contributed by atoms with E-state index in [1.165, 1.54) is 25.7 Å². The minimum absolute atomic E-state index is 0.504. The summed E-state index contributed by atoms with van der Waals surface area (Å²) < 4.78 is 21.8. The third-order valence-electron chi connectivity index (χ3n) is 7.21. The zero-order valence-electron chi connectivity index (χ0n) is 20.3. The fourth-order valence-corrected chi connectivity index (χ4v) is 9.38. The maximum atomic E-state index is 7.29.